The number of hydrogen-bond donors (Lipinski definition) is 1. The van der Waals surface area contributed by atoms with Crippen LogP contribution in [0.3, 0.4) is 0 Å². The molecule has 26 heavy (non-hydrogen) atoms. The Bertz CT molecular complexity index is 815. The molecule has 134 valence electrons. The number of hydrogen-bond acceptors (Lipinski definition) is 4. The van der Waals surface area contributed by atoms with Crippen LogP contribution in [0.5, 0.6) is 5.75 Å². The van der Waals surface area contributed by atoms with Gasteiger partial charge in [-0.05, 0) is 54.4 Å². The lowest BCUT2D eigenvalue weighted by Crippen LogP contribution is -2.27. The maximum Gasteiger partial charge on any atom is 0.230 e. The highest BCUT2D eigenvalue weighted by molar-refractivity contribution is 8.00. The van der Waals surface area contributed by atoms with Crippen LogP contribution in [0.2, 0.25) is 0 Å². The van der Waals surface area contributed by atoms with Gasteiger partial charge in [0.05, 0.1) is 18.6 Å². The summed E-state index contributed by atoms with van der Waals surface area (Å²) in [5.74, 6) is 1.27. The monoisotopic (exact) mass is 367 g/mol. The molecule has 0 aliphatic rings. The summed E-state index contributed by atoms with van der Waals surface area (Å²) in [6, 6.07) is 17.8. The maximum atomic E-state index is 12.0. The topological polar surface area (TPSA) is 56.1 Å². The first-order chi connectivity index (χ1) is 12.7. The summed E-state index contributed by atoms with van der Waals surface area (Å²) >= 11 is 1.52. The van der Waals surface area contributed by atoms with Gasteiger partial charge in [0, 0.05) is 23.8 Å². The summed E-state index contributed by atoms with van der Waals surface area (Å²) < 4.78 is 6.95. The number of amides is 1. The summed E-state index contributed by atoms with van der Waals surface area (Å²) in [6.07, 6.45) is 4.47. The van der Waals surface area contributed by atoms with E-state index in [-0.39, 0.29) is 5.91 Å². The molecule has 2 aromatic carbocycles. The Kier molecular flexibility index (Phi) is 6.33. The van der Waals surface area contributed by atoms with Crippen molar-refractivity contribution in [3.8, 4) is 11.4 Å². The van der Waals surface area contributed by atoms with Crippen LogP contribution < -0.4 is 10.1 Å². The average molecular weight is 367 g/mol. The third-order valence-corrected chi connectivity index (χ3v) is 4.88. The van der Waals surface area contributed by atoms with Gasteiger partial charge in [-0.25, -0.2) is 4.68 Å². The van der Waals surface area contributed by atoms with Gasteiger partial charge < -0.3 is 10.1 Å². The number of aromatic nitrogens is 2. The molecule has 1 N–H and O–H groups in total. The highest BCUT2D eigenvalue weighted by Crippen LogP contribution is 2.20. The van der Waals surface area contributed by atoms with E-state index in [4.69, 9.17) is 4.74 Å². The minimum atomic E-state index is 0.0407. The van der Waals surface area contributed by atoms with Gasteiger partial charge in [0.15, 0.2) is 0 Å². The molecule has 1 amide bonds. The molecular weight excluding hydrogens is 346 g/mol. The largest absolute Gasteiger partial charge is 0.497 e. The SMILES string of the molecule is COc1ccc(SCC(=O)NCCc2ccc(-n3cccn3)cc2)cc1. The molecule has 0 bridgehead atoms. The molecule has 0 radical (unpaired) electrons. The Labute approximate surface area is 157 Å². The summed E-state index contributed by atoms with van der Waals surface area (Å²) in [4.78, 5) is 13.0. The Morgan fingerprint density at radius 3 is 2.58 bits per heavy atom. The van der Waals surface area contributed by atoms with E-state index >= 15 is 0 Å². The number of rotatable bonds is 8. The van der Waals surface area contributed by atoms with Crippen molar-refractivity contribution < 1.29 is 9.53 Å². The third kappa shape index (κ3) is 5.13. The Hall–Kier alpha value is -2.73. The lowest BCUT2D eigenvalue weighted by Gasteiger charge is -2.07. The molecule has 0 aliphatic heterocycles. The first-order valence-electron chi connectivity index (χ1n) is 8.37. The summed E-state index contributed by atoms with van der Waals surface area (Å²) in [6.45, 7) is 0.628. The summed E-state index contributed by atoms with van der Waals surface area (Å²) in [5, 5.41) is 7.17. The Balaban J connectivity index is 1.39. The Morgan fingerprint density at radius 1 is 1.15 bits per heavy atom. The van der Waals surface area contributed by atoms with E-state index < -0.39 is 0 Å². The van der Waals surface area contributed by atoms with E-state index in [1.54, 1.807) is 13.3 Å². The number of benzene rings is 2. The van der Waals surface area contributed by atoms with Gasteiger partial charge in [0.25, 0.3) is 0 Å². The molecule has 0 saturated carbocycles. The minimum absolute atomic E-state index is 0.0407. The lowest BCUT2D eigenvalue weighted by molar-refractivity contribution is -0.118. The van der Waals surface area contributed by atoms with Crippen LogP contribution in [0.1, 0.15) is 5.56 Å². The molecule has 3 rings (SSSR count). The van der Waals surface area contributed by atoms with Gasteiger partial charge in [-0.15, -0.1) is 11.8 Å². The van der Waals surface area contributed by atoms with Crippen LogP contribution in [0.4, 0.5) is 0 Å². The summed E-state index contributed by atoms with van der Waals surface area (Å²) in [7, 11) is 1.64. The summed E-state index contributed by atoms with van der Waals surface area (Å²) in [5.41, 5.74) is 2.21. The van der Waals surface area contributed by atoms with Crippen molar-refractivity contribution in [2.24, 2.45) is 0 Å². The van der Waals surface area contributed by atoms with Gasteiger partial charge in [-0.3, -0.25) is 4.79 Å². The molecule has 1 heterocycles. The van der Waals surface area contributed by atoms with Crippen LogP contribution in [-0.4, -0.2) is 35.1 Å². The van der Waals surface area contributed by atoms with E-state index in [0.29, 0.717) is 12.3 Å². The Morgan fingerprint density at radius 2 is 1.92 bits per heavy atom. The van der Waals surface area contributed by atoms with Crippen molar-refractivity contribution in [3.63, 3.8) is 0 Å². The van der Waals surface area contributed by atoms with Crippen molar-refractivity contribution in [2.75, 3.05) is 19.4 Å². The zero-order valence-corrected chi connectivity index (χ0v) is 15.4. The lowest BCUT2D eigenvalue weighted by atomic mass is 10.1. The van der Waals surface area contributed by atoms with E-state index in [1.165, 1.54) is 17.3 Å². The van der Waals surface area contributed by atoms with E-state index in [1.807, 2.05) is 53.3 Å². The highest BCUT2D eigenvalue weighted by atomic mass is 32.2. The van der Waals surface area contributed by atoms with Gasteiger partial charge >= 0.3 is 0 Å². The number of methoxy groups -OCH3 is 1. The second kappa shape index (κ2) is 9.10. The molecule has 1 aromatic heterocycles. The molecule has 5 nitrogen and oxygen atoms in total. The number of carbonyl (C=O) groups is 1. The van der Waals surface area contributed by atoms with Gasteiger partial charge in [0.2, 0.25) is 5.91 Å². The van der Waals surface area contributed by atoms with E-state index in [0.717, 1.165) is 22.8 Å². The molecule has 0 unspecified atom stereocenters. The molecular formula is C20H21N3O2S. The van der Waals surface area contributed by atoms with Crippen LogP contribution in [-0.2, 0) is 11.2 Å². The molecule has 0 fully saturated rings. The van der Waals surface area contributed by atoms with Crippen molar-refractivity contribution >= 4 is 17.7 Å². The quantitative estimate of drug-likeness (QED) is 0.621. The van der Waals surface area contributed by atoms with Crippen LogP contribution in [0.25, 0.3) is 5.69 Å². The number of ether oxygens (including phenoxy) is 1. The fraction of sp³-hybridized carbons (Fsp3) is 0.200. The van der Waals surface area contributed by atoms with Crippen molar-refractivity contribution in [3.05, 3.63) is 72.6 Å². The van der Waals surface area contributed by atoms with Crippen LogP contribution >= 0.6 is 11.8 Å². The van der Waals surface area contributed by atoms with Gasteiger partial charge in [0.1, 0.15) is 5.75 Å². The van der Waals surface area contributed by atoms with Crippen molar-refractivity contribution in [1.29, 1.82) is 0 Å². The van der Waals surface area contributed by atoms with Crippen LogP contribution in [0.15, 0.2) is 71.9 Å². The zero-order valence-electron chi connectivity index (χ0n) is 14.6. The first kappa shape index (κ1) is 18.1. The second-order valence-corrected chi connectivity index (χ2v) is 6.73. The predicted octanol–water partition coefficient (Wildman–Crippen LogP) is 3.33. The fourth-order valence-electron chi connectivity index (χ4n) is 2.46. The number of nitrogens with one attached hydrogen (secondary N) is 1. The molecule has 0 atom stereocenters. The first-order valence-corrected chi connectivity index (χ1v) is 9.35. The maximum absolute atomic E-state index is 12.0. The van der Waals surface area contributed by atoms with Crippen LogP contribution in [0, 0.1) is 0 Å². The molecule has 3 aromatic rings. The predicted molar refractivity (Wildman–Crippen MR) is 104 cm³/mol. The molecule has 6 heteroatoms. The minimum Gasteiger partial charge on any atom is -0.497 e. The number of thioether (sulfide) groups is 1. The second-order valence-electron chi connectivity index (χ2n) is 5.68. The normalized spacial score (nSPS) is 10.5. The molecule has 0 aliphatic carbocycles. The smallest absolute Gasteiger partial charge is 0.230 e. The number of nitrogens with zero attached hydrogens (tertiary/aromatic N) is 2. The van der Waals surface area contributed by atoms with E-state index in [9.17, 15) is 4.79 Å². The van der Waals surface area contributed by atoms with Crippen molar-refractivity contribution in [2.45, 2.75) is 11.3 Å². The fourth-order valence-corrected chi connectivity index (χ4v) is 3.18. The van der Waals surface area contributed by atoms with E-state index in [2.05, 4.69) is 22.5 Å². The molecule has 0 spiro atoms. The van der Waals surface area contributed by atoms with Gasteiger partial charge in [-0.1, -0.05) is 12.1 Å². The average Bonchev–Trinajstić information content (AvgIpc) is 3.22. The molecule has 0 saturated heterocycles. The van der Waals surface area contributed by atoms with Crippen molar-refractivity contribution in [1.82, 2.24) is 15.1 Å². The highest BCUT2D eigenvalue weighted by Gasteiger charge is 2.03. The third-order valence-electron chi connectivity index (χ3n) is 3.87. The zero-order chi connectivity index (χ0) is 18.2. The number of carbonyl (C=O) groups excluding carboxylic acids is 1. The standard InChI is InChI=1S/C20H21N3O2S/c1-25-18-7-9-19(10-8-18)26-15-20(24)21-13-11-16-3-5-17(6-4-16)23-14-2-12-22-23/h2-10,12,14H,11,13,15H2,1H3,(H,21,24). The van der Waals surface area contributed by atoms with Gasteiger partial charge in [-0.2, -0.15) is 5.10 Å².